The van der Waals surface area contributed by atoms with Crippen molar-refractivity contribution < 1.29 is 14.4 Å². The van der Waals surface area contributed by atoms with Crippen LogP contribution in [0.1, 0.15) is 81.5 Å². The van der Waals surface area contributed by atoms with Crippen molar-refractivity contribution >= 4 is 39.4 Å². The third-order valence-electron chi connectivity index (χ3n) is 8.61. The Morgan fingerprint density at radius 3 is 2.64 bits per heavy atom. The number of fused-ring (bicyclic) bond motifs is 4. The molecule has 4 amide bonds. The highest BCUT2D eigenvalue weighted by molar-refractivity contribution is 7.18. The third kappa shape index (κ3) is 4.39. The number of aryl methyl sites for hydroxylation is 3. The predicted octanol–water partition coefficient (Wildman–Crippen LogP) is 4.07. The minimum Gasteiger partial charge on any atom is -0.299 e. The maximum atomic E-state index is 13.0. The van der Waals surface area contributed by atoms with Crippen LogP contribution in [-0.2, 0) is 30.7 Å². The summed E-state index contributed by atoms with van der Waals surface area (Å²) in [6.45, 7) is 5.43. The van der Waals surface area contributed by atoms with E-state index in [1.165, 1.54) is 61.2 Å². The molecule has 0 unspecified atom stereocenters. The first-order chi connectivity index (χ1) is 18.9. The Balaban J connectivity index is 1.03. The molecule has 1 N–H and O–H groups in total. The highest BCUT2D eigenvalue weighted by atomic mass is 32.1. The molecule has 7 rings (SSSR count). The molecule has 4 aliphatic rings. The molecular weight excluding hydrogens is 512 g/mol. The van der Waals surface area contributed by atoms with Gasteiger partial charge in [0.1, 0.15) is 10.7 Å². The Morgan fingerprint density at radius 2 is 1.82 bits per heavy atom. The Bertz CT molecular complexity index is 1510. The Kier molecular flexibility index (Phi) is 6.12. The number of benzene rings is 1. The van der Waals surface area contributed by atoms with Crippen molar-refractivity contribution in [2.24, 2.45) is 0 Å². The maximum Gasteiger partial charge on any atom is 0.342 e. The van der Waals surface area contributed by atoms with Crippen LogP contribution in [0.15, 0.2) is 18.2 Å². The third-order valence-corrected chi connectivity index (χ3v) is 9.80. The Labute approximate surface area is 231 Å². The molecule has 10 heteroatoms. The maximum absolute atomic E-state index is 13.0. The van der Waals surface area contributed by atoms with Gasteiger partial charge in [-0.15, -0.1) is 11.3 Å². The summed E-state index contributed by atoms with van der Waals surface area (Å²) in [6.07, 6.45) is 7.24. The van der Waals surface area contributed by atoms with E-state index in [1.54, 1.807) is 0 Å². The fraction of sp³-hybridized carbons (Fsp3) is 0.483. The van der Waals surface area contributed by atoms with Crippen molar-refractivity contribution in [2.45, 2.75) is 70.9 Å². The highest BCUT2D eigenvalue weighted by Gasteiger charge is 2.37. The first-order valence-electron chi connectivity index (χ1n) is 14.0. The number of urea groups is 1. The molecule has 39 heavy (non-hydrogen) atoms. The lowest BCUT2D eigenvalue weighted by molar-refractivity contribution is -0.123. The van der Waals surface area contributed by atoms with E-state index < -0.39 is 6.03 Å². The fourth-order valence-corrected chi connectivity index (χ4v) is 7.97. The minimum absolute atomic E-state index is 0.191. The van der Waals surface area contributed by atoms with Gasteiger partial charge in [0, 0.05) is 34.7 Å². The molecular formula is C29H32N6O3S. The van der Waals surface area contributed by atoms with E-state index >= 15 is 0 Å². The van der Waals surface area contributed by atoms with E-state index in [0.717, 1.165) is 50.3 Å². The van der Waals surface area contributed by atoms with E-state index in [1.807, 2.05) is 30.4 Å². The minimum atomic E-state index is -0.533. The summed E-state index contributed by atoms with van der Waals surface area (Å²) in [6, 6.07) is 5.48. The molecule has 9 nitrogen and oxygen atoms in total. The molecule has 2 saturated heterocycles. The standard InChI is InChI=1S/C29H32N6O3S/c1-17-30-26(25-22-4-2-3-5-23(22)39-27(25)31-17)19-8-11-33(12-9-19)15-18-6-7-21-20(14-18)16-35(28(21)37)34-13-10-24(36)32-29(34)38/h6-7,14,19H,2-5,8-13,15-16H2,1H3,(H,32,36,38). The Morgan fingerprint density at radius 1 is 1.00 bits per heavy atom. The Hall–Kier alpha value is -3.37. The molecule has 0 atom stereocenters. The summed E-state index contributed by atoms with van der Waals surface area (Å²) in [7, 11) is 0. The largest absolute Gasteiger partial charge is 0.342 e. The zero-order chi connectivity index (χ0) is 26.7. The van der Waals surface area contributed by atoms with E-state index in [9.17, 15) is 14.4 Å². The van der Waals surface area contributed by atoms with Gasteiger partial charge in [-0.2, -0.15) is 0 Å². The van der Waals surface area contributed by atoms with Crippen molar-refractivity contribution in [3.8, 4) is 0 Å². The number of carbonyl (C=O) groups is 3. The number of rotatable bonds is 4. The van der Waals surface area contributed by atoms with Crippen molar-refractivity contribution in [2.75, 3.05) is 19.6 Å². The summed E-state index contributed by atoms with van der Waals surface area (Å²) in [5.41, 5.74) is 5.53. The molecule has 1 aliphatic carbocycles. The molecule has 0 spiro atoms. The number of hydrazine groups is 1. The summed E-state index contributed by atoms with van der Waals surface area (Å²) < 4.78 is 0. The first kappa shape index (κ1) is 24.7. The number of nitrogens with zero attached hydrogens (tertiary/aromatic N) is 5. The second-order valence-corrected chi connectivity index (χ2v) is 12.3. The molecule has 0 radical (unpaired) electrons. The molecule has 0 saturated carbocycles. The summed E-state index contributed by atoms with van der Waals surface area (Å²) >= 11 is 1.88. The number of amides is 4. The van der Waals surface area contributed by atoms with Crippen molar-refractivity contribution in [3.05, 3.63) is 56.8 Å². The summed E-state index contributed by atoms with van der Waals surface area (Å²) in [5, 5.41) is 6.47. The average Bonchev–Trinajstić information content (AvgIpc) is 3.45. The lowest BCUT2D eigenvalue weighted by atomic mass is 9.88. The van der Waals surface area contributed by atoms with Gasteiger partial charge in [-0.25, -0.2) is 24.8 Å². The molecule has 1 aromatic carbocycles. The van der Waals surface area contributed by atoms with Crippen LogP contribution in [0.25, 0.3) is 10.2 Å². The monoisotopic (exact) mass is 544 g/mol. The fourth-order valence-electron chi connectivity index (χ4n) is 6.65. The van der Waals surface area contributed by atoms with Gasteiger partial charge < -0.3 is 0 Å². The molecule has 202 valence electrons. The molecule has 3 aromatic rings. The number of imide groups is 1. The van der Waals surface area contributed by atoms with Crippen LogP contribution in [0.4, 0.5) is 4.79 Å². The molecule has 2 aromatic heterocycles. The number of piperidine rings is 1. The van der Waals surface area contributed by atoms with Crippen LogP contribution in [0.5, 0.6) is 0 Å². The average molecular weight is 545 g/mol. The van der Waals surface area contributed by atoms with Gasteiger partial charge in [0.25, 0.3) is 5.91 Å². The van der Waals surface area contributed by atoms with Gasteiger partial charge in [0.2, 0.25) is 5.91 Å². The van der Waals surface area contributed by atoms with E-state index in [-0.39, 0.29) is 24.8 Å². The second-order valence-electron chi connectivity index (χ2n) is 11.2. The number of nitrogens with one attached hydrogen (secondary N) is 1. The summed E-state index contributed by atoms with van der Waals surface area (Å²) in [5.74, 6) is 0.845. The van der Waals surface area contributed by atoms with Crippen LogP contribution in [-0.4, -0.2) is 62.4 Å². The topological polar surface area (TPSA) is 98.7 Å². The number of hydrogen-bond donors (Lipinski definition) is 1. The molecule has 5 heterocycles. The van der Waals surface area contributed by atoms with Gasteiger partial charge in [0.05, 0.1) is 18.8 Å². The quantitative estimate of drug-likeness (QED) is 0.532. The van der Waals surface area contributed by atoms with E-state index in [2.05, 4.69) is 16.3 Å². The number of thiophene rings is 1. The molecule has 2 fully saturated rings. The van der Waals surface area contributed by atoms with Gasteiger partial charge >= 0.3 is 6.03 Å². The van der Waals surface area contributed by atoms with Crippen LogP contribution >= 0.6 is 11.3 Å². The van der Waals surface area contributed by atoms with Gasteiger partial charge in [-0.1, -0.05) is 12.1 Å². The predicted molar refractivity (Wildman–Crippen MR) is 147 cm³/mol. The van der Waals surface area contributed by atoms with Gasteiger partial charge in [-0.05, 0) is 81.3 Å². The van der Waals surface area contributed by atoms with Crippen molar-refractivity contribution in [1.82, 2.24) is 30.2 Å². The van der Waals surface area contributed by atoms with Crippen LogP contribution in [0, 0.1) is 6.92 Å². The number of carbonyl (C=O) groups excluding carboxylic acids is 3. The normalized spacial score (nSPS) is 20.5. The lowest BCUT2D eigenvalue weighted by Gasteiger charge is -2.33. The van der Waals surface area contributed by atoms with Crippen molar-refractivity contribution in [1.29, 1.82) is 0 Å². The summed E-state index contributed by atoms with van der Waals surface area (Å²) in [4.78, 5) is 51.8. The number of hydrogen-bond acceptors (Lipinski definition) is 7. The molecule has 3 aliphatic heterocycles. The first-order valence-corrected chi connectivity index (χ1v) is 14.8. The SMILES string of the molecule is Cc1nc(C2CCN(Cc3ccc4c(c3)CN(N3CCC(=O)NC3=O)C4=O)CC2)c2c3c(sc2n1)CCCC3. The van der Waals surface area contributed by atoms with Gasteiger partial charge in [0.15, 0.2) is 0 Å². The van der Waals surface area contributed by atoms with Gasteiger partial charge in [-0.3, -0.25) is 19.8 Å². The lowest BCUT2D eigenvalue weighted by Crippen LogP contribution is -2.56. The number of likely N-dealkylation sites (tertiary alicyclic amines) is 1. The second kappa shape index (κ2) is 9.67. The number of aromatic nitrogens is 2. The van der Waals surface area contributed by atoms with Crippen molar-refractivity contribution in [3.63, 3.8) is 0 Å². The molecule has 0 bridgehead atoms. The smallest absolute Gasteiger partial charge is 0.299 e. The zero-order valence-electron chi connectivity index (χ0n) is 22.2. The van der Waals surface area contributed by atoms with Crippen LogP contribution in [0.2, 0.25) is 0 Å². The van der Waals surface area contributed by atoms with E-state index in [0.29, 0.717) is 18.0 Å². The van der Waals surface area contributed by atoms with E-state index in [4.69, 9.17) is 9.97 Å². The zero-order valence-corrected chi connectivity index (χ0v) is 23.0. The van der Waals surface area contributed by atoms with Crippen LogP contribution in [0.3, 0.4) is 0 Å². The highest BCUT2D eigenvalue weighted by Crippen LogP contribution is 2.41. The van der Waals surface area contributed by atoms with Crippen LogP contribution < -0.4 is 5.32 Å².